The molecule has 0 saturated carbocycles. The highest BCUT2D eigenvalue weighted by Gasteiger charge is 2.25. The van der Waals surface area contributed by atoms with E-state index in [0.717, 1.165) is 43.6 Å². The lowest BCUT2D eigenvalue weighted by atomic mass is 10.2. The van der Waals surface area contributed by atoms with Gasteiger partial charge in [0.1, 0.15) is 5.76 Å². The zero-order valence-electron chi connectivity index (χ0n) is 19.3. The second-order valence-electron chi connectivity index (χ2n) is 8.37. The first-order chi connectivity index (χ1) is 15.7. The molecule has 7 heteroatoms. The maximum absolute atomic E-state index is 5.73. The molecule has 1 saturated heterocycles. The minimum atomic E-state index is 0.211. The van der Waals surface area contributed by atoms with Gasteiger partial charge in [0, 0.05) is 31.4 Å². The maximum Gasteiger partial charge on any atom is 0.191 e. The largest absolute Gasteiger partial charge is 0.468 e. The van der Waals surface area contributed by atoms with Gasteiger partial charge >= 0.3 is 0 Å². The van der Waals surface area contributed by atoms with E-state index in [1.165, 1.54) is 29.7 Å². The van der Waals surface area contributed by atoms with Gasteiger partial charge in [0.2, 0.25) is 0 Å². The molecule has 0 spiro atoms. The number of rotatable bonds is 8. The van der Waals surface area contributed by atoms with Crippen LogP contribution in [0.3, 0.4) is 0 Å². The van der Waals surface area contributed by atoms with Crippen LogP contribution in [-0.2, 0) is 13.1 Å². The molecule has 32 heavy (non-hydrogen) atoms. The molecule has 7 nitrogen and oxygen atoms in total. The first kappa shape index (κ1) is 22.1. The van der Waals surface area contributed by atoms with Crippen molar-refractivity contribution in [3.8, 4) is 0 Å². The minimum Gasteiger partial charge on any atom is -0.468 e. The molecule has 170 valence electrons. The zero-order chi connectivity index (χ0) is 22.3. The van der Waals surface area contributed by atoms with Gasteiger partial charge in [-0.2, -0.15) is 5.10 Å². The van der Waals surface area contributed by atoms with Crippen molar-refractivity contribution in [1.29, 1.82) is 0 Å². The fourth-order valence-electron chi connectivity index (χ4n) is 4.43. The number of furan rings is 1. The Balaban J connectivity index is 1.37. The number of hydrogen-bond acceptors (Lipinski definition) is 4. The first-order valence-electron chi connectivity index (χ1n) is 11.4. The zero-order valence-corrected chi connectivity index (χ0v) is 19.3. The molecular weight excluding hydrogens is 400 g/mol. The average Bonchev–Trinajstić information content (AvgIpc) is 3.57. The molecule has 1 aliphatic heterocycles. The van der Waals surface area contributed by atoms with E-state index in [2.05, 4.69) is 69.4 Å². The lowest BCUT2D eigenvalue weighted by Gasteiger charge is -2.26. The summed E-state index contributed by atoms with van der Waals surface area (Å²) in [6.07, 6.45) is 4.25. The van der Waals surface area contributed by atoms with Gasteiger partial charge in [-0.15, -0.1) is 0 Å². The Bertz CT molecular complexity index is 1000. The summed E-state index contributed by atoms with van der Waals surface area (Å²) < 4.78 is 7.81. The Morgan fingerprint density at radius 3 is 2.56 bits per heavy atom. The molecule has 2 N–H and O–H groups in total. The van der Waals surface area contributed by atoms with E-state index in [0.29, 0.717) is 6.54 Å². The molecule has 1 atom stereocenters. The van der Waals surface area contributed by atoms with Gasteiger partial charge in [-0.25, -0.2) is 0 Å². The molecule has 2 aromatic heterocycles. The fourth-order valence-corrected chi connectivity index (χ4v) is 4.43. The van der Waals surface area contributed by atoms with Crippen molar-refractivity contribution in [1.82, 2.24) is 25.3 Å². The van der Waals surface area contributed by atoms with E-state index in [-0.39, 0.29) is 6.04 Å². The molecule has 0 aliphatic carbocycles. The van der Waals surface area contributed by atoms with Crippen molar-refractivity contribution >= 4 is 5.96 Å². The number of aryl methyl sites for hydroxylation is 1. The molecule has 0 radical (unpaired) electrons. The summed E-state index contributed by atoms with van der Waals surface area (Å²) in [7, 11) is 1.81. The van der Waals surface area contributed by atoms with E-state index < -0.39 is 0 Å². The molecule has 1 unspecified atom stereocenters. The molecule has 3 heterocycles. The van der Waals surface area contributed by atoms with Gasteiger partial charge < -0.3 is 15.1 Å². The number of nitrogens with zero attached hydrogens (tertiary/aromatic N) is 4. The van der Waals surface area contributed by atoms with Crippen LogP contribution in [0.25, 0.3) is 0 Å². The highest BCUT2D eigenvalue weighted by Crippen LogP contribution is 2.24. The van der Waals surface area contributed by atoms with E-state index >= 15 is 0 Å². The smallest absolute Gasteiger partial charge is 0.191 e. The number of likely N-dealkylation sites (tertiary alicyclic amines) is 1. The highest BCUT2D eigenvalue weighted by atomic mass is 16.3. The third kappa shape index (κ3) is 5.22. The van der Waals surface area contributed by atoms with Gasteiger partial charge in [0.25, 0.3) is 0 Å². The van der Waals surface area contributed by atoms with Gasteiger partial charge in [-0.3, -0.25) is 14.6 Å². The molecule has 4 rings (SSSR count). The molecule has 0 bridgehead atoms. The Morgan fingerprint density at radius 2 is 1.88 bits per heavy atom. The Morgan fingerprint density at radius 1 is 1.09 bits per heavy atom. The SMILES string of the molecule is CN=C(NCc1c(C)nn(Cc2ccccc2)c1C)NCC(c1ccco1)N1CCCC1. The highest BCUT2D eigenvalue weighted by molar-refractivity contribution is 5.79. The molecule has 1 aromatic carbocycles. The van der Waals surface area contributed by atoms with Crippen molar-refractivity contribution in [2.45, 2.75) is 45.8 Å². The van der Waals surface area contributed by atoms with Crippen molar-refractivity contribution in [3.05, 3.63) is 77.0 Å². The van der Waals surface area contributed by atoms with E-state index in [1.54, 1.807) is 6.26 Å². The topological polar surface area (TPSA) is 70.6 Å². The van der Waals surface area contributed by atoms with Crippen LogP contribution in [0.4, 0.5) is 0 Å². The molecule has 0 amide bonds. The van der Waals surface area contributed by atoms with Crippen LogP contribution in [0.2, 0.25) is 0 Å². The van der Waals surface area contributed by atoms with Gasteiger partial charge in [-0.05, 0) is 57.5 Å². The number of guanidine groups is 1. The van der Waals surface area contributed by atoms with Gasteiger partial charge in [0.15, 0.2) is 5.96 Å². The van der Waals surface area contributed by atoms with Crippen LogP contribution in [0, 0.1) is 13.8 Å². The molecule has 1 fully saturated rings. The molecule has 1 aliphatic rings. The predicted molar refractivity (Wildman–Crippen MR) is 128 cm³/mol. The van der Waals surface area contributed by atoms with Crippen LogP contribution in [0.1, 0.15) is 47.2 Å². The van der Waals surface area contributed by atoms with E-state index in [4.69, 9.17) is 9.52 Å². The summed E-state index contributed by atoms with van der Waals surface area (Å²) in [5, 5.41) is 11.7. The summed E-state index contributed by atoms with van der Waals surface area (Å²) in [6, 6.07) is 14.7. The van der Waals surface area contributed by atoms with Crippen LogP contribution in [0.5, 0.6) is 0 Å². The number of aromatic nitrogens is 2. The number of hydrogen-bond donors (Lipinski definition) is 2. The first-order valence-corrected chi connectivity index (χ1v) is 11.4. The fraction of sp³-hybridized carbons (Fsp3) is 0.440. The Labute approximate surface area is 190 Å². The van der Waals surface area contributed by atoms with Gasteiger partial charge in [-0.1, -0.05) is 30.3 Å². The number of nitrogens with one attached hydrogen (secondary N) is 2. The maximum atomic E-state index is 5.73. The minimum absolute atomic E-state index is 0.211. The van der Waals surface area contributed by atoms with Gasteiger partial charge in [0.05, 0.1) is 24.5 Å². The van der Waals surface area contributed by atoms with Crippen LogP contribution >= 0.6 is 0 Å². The predicted octanol–water partition coefficient (Wildman–Crippen LogP) is 3.64. The summed E-state index contributed by atoms with van der Waals surface area (Å²) in [5.74, 6) is 1.79. The van der Waals surface area contributed by atoms with Crippen LogP contribution in [0.15, 0.2) is 58.1 Å². The Kier molecular flexibility index (Phi) is 7.27. The summed E-state index contributed by atoms with van der Waals surface area (Å²) in [6.45, 7) is 8.63. The lowest BCUT2D eigenvalue weighted by Crippen LogP contribution is -2.42. The third-order valence-corrected chi connectivity index (χ3v) is 6.28. The van der Waals surface area contributed by atoms with E-state index in [9.17, 15) is 0 Å². The number of aliphatic imine (C=N–C) groups is 1. The van der Waals surface area contributed by atoms with Crippen molar-refractivity contribution in [2.75, 3.05) is 26.7 Å². The Hall–Kier alpha value is -3.06. The molecular formula is C25H34N6O. The third-order valence-electron chi connectivity index (χ3n) is 6.28. The quantitative estimate of drug-likeness (QED) is 0.418. The summed E-state index contributed by atoms with van der Waals surface area (Å²) >= 11 is 0. The van der Waals surface area contributed by atoms with E-state index in [1.807, 2.05) is 19.2 Å². The standard InChI is InChI=1S/C25H34N6O/c1-19-22(20(2)31(29-19)18-21-10-5-4-6-11-21)16-27-25(26-3)28-17-23(24-12-9-15-32-24)30-13-7-8-14-30/h4-6,9-12,15,23H,7-8,13-14,16-18H2,1-3H3,(H2,26,27,28). The monoisotopic (exact) mass is 434 g/mol. The van der Waals surface area contributed by atoms with Crippen molar-refractivity contribution < 1.29 is 4.42 Å². The second kappa shape index (κ2) is 10.5. The second-order valence-corrected chi connectivity index (χ2v) is 8.37. The molecule has 3 aromatic rings. The summed E-state index contributed by atoms with van der Waals surface area (Å²) in [4.78, 5) is 6.92. The summed E-state index contributed by atoms with van der Waals surface area (Å²) in [5.41, 5.74) is 4.69. The lowest BCUT2D eigenvalue weighted by molar-refractivity contribution is 0.215. The van der Waals surface area contributed by atoms with Crippen molar-refractivity contribution in [2.24, 2.45) is 4.99 Å². The van der Waals surface area contributed by atoms with Crippen LogP contribution in [-0.4, -0.2) is 47.3 Å². The normalized spacial score (nSPS) is 15.8. The number of benzene rings is 1. The van der Waals surface area contributed by atoms with Crippen LogP contribution < -0.4 is 10.6 Å². The van der Waals surface area contributed by atoms with Crippen molar-refractivity contribution in [3.63, 3.8) is 0 Å². The average molecular weight is 435 g/mol.